The van der Waals surface area contributed by atoms with Crippen LogP contribution in [0, 0.1) is 11.3 Å². The average molecular weight is 446 g/mol. The van der Waals surface area contributed by atoms with E-state index < -0.39 is 5.75 Å². The van der Waals surface area contributed by atoms with Gasteiger partial charge in [0.05, 0.1) is 11.9 Å². The van der Waals surface area contributed by atoms with Crippen molar-refractivity contribution in [3.8, 4) is 17.8 Å². The minimum absolute atomic E-state index is 0.0367. The molecule has 34 heavy (non-hydrogen) atoms. The molecule has 9 heteroatoms. The fourth-order valence-corrected chi connectivity index (χ4v) is 3.59. The number of rotatable bonds is 6. The van der Waals surface area contributed by atoms with Crippen LogP contribution in [0.5, 0.6) is 5.75 Å². The van der Waals surface area contributed by atoms with Gasteiger partial charge in [0.15, 0.2) is 11.6 Å². The van der Waals surface area contributed by atoms with Crippen molar-refractivity contribution in [3.05, 3.63) is 102 Å². The molecule has 0 aliphatic heterocycles. The van der Waals surface area contributed by atoms with Crippen LogP contribution in [0.3, 0.4) is 0 Å². The lowest BCUT2D eigenvalue weighted by molar-refractivity contribution is -0.267. The standard InChI is InChI=1S/C25H17N7O2/c26-14-18-15-29-32(25-27-11-6-12-28-25)24(18)31-30-21-19-10-5-4-9-17(19)13-20(23(21)34)22(33)16-7-2-1-3-8-16/h1-13,15,30-31,34H/p-1. The molecule has 0 aliphatic rings. The summed E-state index contributed by atoms with van der Waals surface area (Å²) in [5, 5.41) is 28.5. The number of nitriles is 1. The number of nitrogens with one attached hydrogen (secondary N) is 2. The highest BCUT2D eigenvalue weighted by Crippen LogP contribution is 2.35. The molecule has 0 amide bonds. The van der Waals surface area contributed by atoms with Gasteiger partial charge in [-0.25, -0.2) is 9.97 Å². The first-order valence-corrected chi connectivity index (χ1v) is 10.3. The normalized spacial score (nSPS) is 10.6. The molecule has 9 nitrogen and oxygen atoms in total. The van der Waals surface area contributed by atoms with Gasteiger partial charge < -0.3 is 5.11 Å². The van der Waals surface area contributed by atoms with Crippen molar-refractivity contribution in [2.24, 2.45) is 0 Å². The molecule has 0 spiro atoms. The topological polar surface area (TPSA) is 132 Å². The molecule has 0 unspecified atom stereocenters. The Bertz CT molecular complexity index is 1540. The van der Waals surface area contributed by atoms with Crippen molar-refractivity contribution in [1.29, 1.82) is 5.26 Å². The lowest BCUT2D eigenvalue weighted by Crippen LogP contribution is -2.18. The summed E-state index contributed by atoms with van der Waals surface area (Å²) >= 11 is 0. The Kier molecular flexibility index (Phi) is 5.30. The van der Waals surface area contributed by atoms with Crippen LogP contribution in [0.15, 0.2) is 85.3 Å². The first kappa shape index (κ1) is 20.7. The molecule has 0 saturated heterocycles. The summed E-state index contributed by atoms with van der Waals surface area (Å²) in [5.41, 5.74) is 6.65. The monoisotopic (exact) mass is 446 g/mol. The quantitative estimate of drug-likeness (QED) is 0.300. The summed E-state index contributed by atoms with van der Waals surface area (Å²) in [7, 11) is 0. The number of fused-ring (bicyclic) bond motifs is 1. The van der Waals surface area contributed by atoms with E-state index in [1.54, 1.807) is 67.0 Å². The van der Waals surface area contributed by atoms with Crippen LogP contribution >= 0.6 is 0 Å². The molecule has 3 aromatic carbocycles. The smallest absolute Gasteiger partial charge is 0.252 e. The van der Waals surface area contributed by atoms with Gasteiger partial charge in [0, 0.05) is 28.9 Å². The fraction of sp³-hybridized carbons (Fsp3) is 0. The minimum atomic E-state index is -0.472. The molecule has 2 N–H and O–H groups in total. The fourth-order valence-electron chi connectivity index (χ4n) is 3.59. The van der Waals surface area contributed by atoms with E-state index in [2.05, 4.69) is 32.0 Å². The largest absolute Gasteiger partial charge is 0.871 e. The SMILES string of the molecule is N#Cc1cnn(-c2ncccn2)c1NNc1c([O-])c(C(=O)c2ccccc2)cc2ccccc12. The number of ketones is 1. The van der Waals surface area contributed by atoms with Gasteiger partial charge in [0.1, 0.15) is 11.6 Å². The van der Waals surface area contributed by atoms with Crippen LogP contribution in [0.2, 0.25) is 0 Å². The third-order valence-corrected chi connectivity index (χ3v) is 5.22. The van der Waals surface area contributed by atoms with Crippen LogP contribution in [-0.2, 0) is 0 Å². The zero-order valence-corrected chi connectivity index (χ0v) is 17.6. The van der Waals surface area contributed by atoms with Crippen LogP contribution < -0.4 is 16.0 Å². The van der Waals surface area contributed by atoms with Crippen molar-refractivity contribution in [2.75, 3.05) is 10.9 Å². The Hall–Kier alpha value is -5.23. The van der Waals surface area contributed by atoms with E-state index in [0.29, 0.717) is 16.3 Å². The van der Waals surface area contributed by atoms with Crippen molar-refractivity contribution in [1.82, 2.24) is 19.7 Å². The molecule has 0 bridgehead atoms. The van der Waals surface area contributed by atoms with E-state index >= 15 is 0 Å². The molecule has 0 atom stereocenters. The van der Waals surface area contributed by atoms with E-state index in [9.17, 15) is 15.2 Å². The summed E-state index contributed by atoms with van der Waals surface area (Å²) in [5.74, 6) is -0.356. The maximum Gasteiger partial charge on any atom is 0.252 e. The first-order chi connectivity index (χ1) is 16.7. The van der Waals surface area contributed by atoms with E-state index in [1.807, 2.05) is 12.1 Å². The highest BCUT2D eigenvalue weighted by Gasteiger charge is 2.17. The van der Waals surface area contributed by atoms with Crippen LogP contribution in [-0.4, -0.2) is 25.5 Å². The molecule has 0 aliphatic carbocycles. The first-order valence-electron chi connectivity index (χ1n) is 10.3. The predicted octanol–water partition coefficient (Wildman–Crippen LogP) is 3.43. The molecule has 0 radical (unpaired) electrons. The second-order valence-electron chi connectivity index (χ2n) is 7.27. The summed E-state index contributed by atoms with van der Waals surface area (Å²) in [6, 6.07) is 21.2. The van der Waals surface area contributed by atoms with E-state index in [4.69, 9.17) is 0 Å². The Morgan fingerprint density at radius 3 is 2.47 bits per heavy atom. The Balaban J connectivity index is 1.58. The summed E-state index contributed by atoms with van der Waals surface area (Å²) in [6.07, 6.45) is 4.47. The van der Waals surface area contributed by atoms with Gasteiger partial charge in [-0.1, -0.05) is 60.3 Å². The number of aromatic nitrogens is 4. The number of carbonyl (C=O) groups excluding carboxylic acids is 1. The Morgan fingerprint density at radius 1 is 0.971 bits per heavy atom. The summed E-state index contributed by atoms with van der Waals surface area (Å²) < 4.78 is 1.34. The Morgan fingerprint density at radius 2 is 1.71 bits per heavy atom. The zero-order chi connectivity index (χ0) is 23.5. The number of anilines is 2. The lowest BCUT2D eigenvalue weighted by Gasteiger charge is -2.23. The summed E-state index contributed by atoms with van der Waals surface area (Å²) in [4.78, 5) is 21.4. The predicted molar refractivity (Wildman–Crippen MR) is 124 cm³/mol. The number of hydrogen-bond acceptors (Lipinski definition) is 8. The van der Waals surface area contributed by atoms with Gasteiger partial charge in [-0.05, 0) is 17.5 Å². The third kappa shape index (κ3) is 3.65. The number of hydrazine groups is 1. The van der Waals surface area contributed by atoms with Gasteiger partial charge >= 0.3 is 0 Å². The van der Waals surface area contributed by atoms with Crippen molar-refractivity contribution in [3.63, 3.8) is 0 Å². The van der Waals surface area contributed by atoms with Gasteiger partial charge in [-0.15, -0.1) is 0 Å². The number of hydrogen-bond donors (Lipinski definition) is 2. The van der Waals surface area contributed by atoms with Gasteiger partial charge in [0.2, 0.25) is 0 Å². The van der Waals surface area contributed by atoms with Crippen LogP contribution in [0.1, 0.15) is 21.5 Å². The molecule has 2 aromatic heterocycles. The number of carbonyl (C=O) groups is 1. The molecular weight excluding hydrogens is 430 g/mol. The Labute approximate surface area is 193 Å². The maximum absolute atomic E-state index is 13.4. The second-order valence-corrected chi connectivity index (χ2v) is 7.27. The highest BCUT2D eigenvalue weighted by atomic mass is 16.3. The van der Waals surface area contributed by atoms with Crippen molar-refractivity contribution in [2.45, 2.75) is 0 Å². The van der Waals surface area contributed by atoms with E-state index in [1.165, 1.54) is 10.9 Å². The van der Waals surface area contributed by atoms with E-state index in [-0.39, 0.29) is 34.4 Å². The maximum atomic E-state index is 13.4. The second kappa shape index (κ2) is 8.72. The highest BCUT2D eigenvalue weighted by molar-refractivity contribution is 6.15. The van der Waals surface area contributed by atoms with Gasteiger partial charge in [-0.2, -0.15) is 15.0 Å². The van der Waals surface area contributed by atoms with Gasteiger partial charge in [0.25, 0.3) is 5.95 Å². The molecule has 164 valence electrons. The molecule has 2 heterocycles. The van der Waals surface area contributed by atoms with Crippen LogP contribution in [0.25, 0.3) is 16.7 Å². The van der Waals surface area contributed by atoms with Crippen LogP contribution in [0.4, 0.5) is 11.5 Å². The average Bonchev–Trinajstić information content (AvgIpc) is 3.31. The third-order valence-electron chi connectivity index (χ3n) is 5.22. The van der Waals surface area contributed by atoms with Crippen molar-refractivity contribution < 1.29 is 9.90 Å². The minimum Gasteiger partial charge on any atom is -0.871 e. The number of benzene rings is 3. The molecule has 5 aromatic rings. The van der Waals surface area contributed by atoms with Gasteiger partial charge in [-0.3, -0.25) is 15.6 Å². The summed E-state index contributed by atoms with van der Waals surface area (Å²) in [6.45, 7) is 0. The lowest BCUT2D eigenvalue weighted by atomic mass is 9.97. The molecule has 0 saturated carbocycles. The zero-order valence-electron chi connectivity index (χ0n) is 17.6. The van der Waals surface area contributed by atoms with Crippen molar-refractivity contribution >= 4 is 28.1 Å². The molecular formula is C25H16N7O2-. The molecule has 5 rings (SSSR count). The van der Waals surface area contributed by atoms with E-state index in [0.717, 1.165) is 0 Å². The molecule has 0 fully saturated rings. The number of nitrogens with zero attached hydrogens (tertiary/aromatic N) is 5.